The third-order valence-electron chi connectivity index (χ3n) is 5.58. The highest BCUT2D eigenvalue weighted by molar-refractivity contribution is 6.30. The van der Waals surface area contributed by atoms with Crippen molar-refractivity contribution in [2.45, 2.75) is 31.9 Å². The van der Waals surface area contributed by atoms with E-state index in [0.29, 0.717) is 0 Å². The molecule has 0 aromatic heterocycles. The Morgan fingerprint density at radius 1 is 1.00 bits per heavy atom. The SMILES string of the molecule is C=C1CC(C)(C)Nc2ccc3c(c21)[C@@H](c1ccc(Cl)cc1)Oc1ccccc1-3. The van der Waals surface area contributed by atoms with Gasteiger partial charge in [-0.15, -0.1) is 0 Å². The number of halogens is 1. The van der Waals surface area contributed by atoms with Crippen molar-refractivity contribution in [3.05, 3.63) is 89.0 Å². The molecule has 2 heterocycles. The second kappa shape index (κ2) is 6.15. The largest absolute Gasteiger partial charge is 0.480 e. The zero-order chi connectivity index (χ0) is 19.5. The molecule has 3 aromatic carbocycles. The Labute approximate surface area is 170 Å². The molecule has 0 amide bonds. The molecule has 28 heavy (non-hydrogen) atoms. The number of anilines is 1. The van der Waals surface area contributed by atoms with Gasteiger partial charge >= 0.3 is 0 Å². The van der Waals surface area contributed by atoms with Crippen LogP contribution >= 0.6 is 11.6 Å². The van der Waals surface area contributed by atoms with Crippen LogP contribution in [-0.4, -0.2) is 5.54 Å². The van der Waals surface area contributed by atoms with E-state index in [-0.39, 0.29) is 11.6 Å². The fourth-order valence-electron chi connectivity index (χ4n) is 4.49. The molecule has 3 heteroatoms. The molecule has 2 nitrogen and oxygen atoms in total. The number of hydrogen-bond acceptors (Lipinski definition) is 2. The van der Waals surface area contributed by atoms with Gasteiger partial charge in [0, 0.05) is 32.9 Å². The molecule has 0 aliphatic carbocycles. The van der Waals surface area contributed by atoms with Crippen LogP contribution in [0, 0.1) is 0 Å². The van der Waals surface area contributed by atoms with Crippen LogP contribution < -0.4 is 10.1 Å². The maximum atomic E-state index is 6.54. The molecule has 0 unspecified atom stereocenters. The van der Waals surface area contributed by atoms with E-state index in [4.69, 9.17) is 16.3 Å². The van der Waals surface area contributed by atoms with Crippen molar-refractivity contribution in [1.29, 1.82) is 0 Å². The molecule has 2 aliphatic rings. The molecular weight excluding hydrogens is 366 g/mol. The first kappa shape index (κ1) is 17.4. The highest BCUT2D eigenvalue weighted by Crippen LogP contribution is 2.51. The first-order chi connectivity index (χ1) is 13.4. The van der Waals surface area contributed by atoms with Gasteiger partial charge < -0.3 is 10.1 Å². The minimum Gasteiger partial charge on any atom is -0.480 e. The number of para-hydroxylation sites is 1. The van der Waals surface area contributed by atoms with E-state index in [0.717, 1.165) is 39.6 Å². The molecule has 0 fully saturated rings. The lowest BCUT2D eigenvalue weighted by atomic mass is 9.78. The summed E-state index contributed by atoms with van der Waals surface area (Å²) in [6.45, 7) is 8.86. The quantitative estimate of drug-likeness (QED) is 0.481. The Morgan fingerprint density at radius 2 is 1.75 bits per heavy atom. The van der Waals surface area contributed by atoms with Gasteiger partial charge in [0.15, 0.2) is 6.10 Å². The fourth-order valence-corrected chi connectivity index (χ4v) is 4.62. The van der Waals surface area contributed by atoms with Gasteiger partial charge in [0.05, 0.1) is 0 Å². The van der Waals surface area contributed by atoms with Crippen LogP contribution in [0.15, 0.2) is 67.2 Å². The molecule has 0 radical (unpaired) electrons. The van der Waals surface area contributed by atoms with Crippen LogP contribution in [0.2, 0.25) is 5.02 Å². The highest BCUT2D eigenvalue weighted by atomic mass is 35.5. The topological polar surface area (TPSA) is 21.3 Å². The maximum absolute atomic E-state index is 6.54. The van der Waals surface area contributed by atoms with Crippen LogP contribution in [-0.2, 0) is 0 Å². The second-order valence-electron chi connectivity index (χ2n) is 8.28. The summed E-state index contributed by atoms with van der Waals surface area (Å²) in [5.74, 6) is 0.907. The number of rotatable bonds is 1. The lowest BCUT2D eigenvalue weighted by molar-refractivity contribution is 0.243. The summed E-state index contributed by atoms with van der Waals surface area (Å²) in [6.07, 6.45) is 0.697. The molecule has 0 bridgehead atoms. The molecule has 2 aliphatic heterocycles. The molecule has 0 saturated carbocycles. The van der Waals surface area contributed by atoms with Crippen molar-refractivity contribution < 1.29 is 4.74 Å². The Balaban J connectivity index is 1.78. The van der Waals surface area contributed by atoms with Gasteiger partial charge in [-0.2, -0.15) is 0 Å². The van der Waals surface area contributed by atoms with Gasteiger partial charge in [0.25, 0.3) is 0 Å². The van der Waals surface area contributed by atoms with Crippen LogP contribution in [0.5, 0.6) is 5.75 Å². The molecule has 0 spiro atoms. The van der Waals surface area contributed by atoms with Crippen molar-refractivity contribution in [3.63, 3.8) is 0 Å². The third-order valence-corrected chi connectivity index (χ3v) is 5.84. The van der Waals surface area contributed by atoms with E-state index < -0.39 is 0 Å². The van der Waals surface area contributed by atoms with Crippen molar-refractivity contribution in [2.24, 2.45) is 0 Å². The molecule has 0 saturated heterocycles. The summed E-state index contributed by atoms with van der Waals surface area (Å²) in [5, 5.41) is 4.41. The van der Waals surface area contributed by atoms with Gasteiger partial charge in [-0.25, -0.2) is 0 Å². The summed E-state index contributed by atoms with van der Waals surface area (Å²) < 4.78 is 6.54. The highest BCUT2D eigenvalue weighted by Gasteiger charge is 2.35. The Morgan fingerprint density at radius 3 is 2.54 bits per heavy atom. The van der Waals surface area contributed by atoms with Gasteiger partial charge in [-0.3, -0.25) is 0 Å². The number of benzene rings is 3. The standard InChI is InChI=1S/C25H22ClNO/c1-15-14-25(2,3)27-20-13-12-19-18-6-4-5-7-21(18)28-24(23(19)22(15)20)16-8-10-17(26)11-9-16/h4-13,24,27H,1,14H2,2-3H3/t24-/m1/s1. The lowest BCUT2D eigenvalue weighted by Gasteiger charge is -2.39. The summed E-state index contributed by atoms with van der Waals surface area (Å²) in [4.78, 5) is 0. The number of ether oxygens (including phenoxy) is 1. The molecule has 5 rings (SSSR count). The van der Waals surface area contributed by atoms with Crippen LogP contribution in [0.25, 0.3) is 16.7 Å². The minimum absolute atomic E-state index is 0.0124. The summed E-state index contributed by atoms with van der Waals surface area (Å²) >= 11 is 6.14. The fraction of sp³-hybridized carbons (Fsp3) is 0.200. The molecule has 1 atom stereocenters. The normalized spacial score (nSPS) is 19.0. The van der Waals surface area contributed by atoms with Crippen LogP contribution in [0.3, 0.4) is 0 Å². The minimum atomic E-state index is -0.197. The second-order valence-corrected chi connectivity index (χ2v) is 8.72. The van der Waals surface area contributed by atoms with E-state index in [1.807, 2.05) is 36.4 Å². The summed E-state index contributed by atoms with van der Waals surface area (Å²) in [5.41, 5.74) is 8.07. The zero-order valence-corrected chi connectivity index (χ0v) is 16.8. The monoisotopic (exact) mass is 387 g/mol. The molecule has 3 aromatic rings. The molecule has 140 valence electrons. The van der Waals surface area contributed by atoms with Crippen LogP contribution in [0.4, 0.5) is 5.69 Å². The Kier molecular flexibility index (Phi) is 3.82. The smallest absolute Gasteiger partial charge is 0.150 e. The average Bonchev–Trinajstić information content (AvgIpc) is 2.66. The summed E-state index contributed by atoms with van der Waals surface area (Å²) in [6, 6.07) is 20.6. The van der Waals surface area contributed by atoms with Crippen molar-refractivity contribution >= 4 is 22.9 Å². The van der Waals surface area contributed by atoms with E-state index in [2.05, 4.69) is 50.0 Å². The Bertz CT molecular complexity index is 1100. The average molecular weight is 388 g/mol. The van der Waals surface area contributed by atoms with Gasteiger partial charge in [0.1, 0.15) is 5.75 Å². The number of nitrogens with one attached hydrogen (secondary N) is 1. The van der Waals surface area contributed by atoms with Gasteiger partial charge in [0.2, 0.25) is 0 Å². The maximum Gasteiger partial charge on any atom is 0.150 e. The predicted octanol–water partition coefficient (Wildman–Crippen LogP) is 7.10. The van der Waals surface area contributed by atoms with E-state index in [1.165, 1.54) is 16.7 Å². The number of fused-ring (bicyclic) bond motifs is 5. The molecular formula is C25H22ClNO. The van der Waals surface area contributed by atoms with Gasteiger partial charge in [-0.1, -0.05) is 54.6 Å². The van der Waals surface area contributed by atoms with Crippen LogP contribution in [0.1, 0.15) is 43.1 Å². The predicted molar refractivity (Wildman–Crippen MR) is 117 cm³/mol. The Hall–Kier alpha value is -2.71. The van der Waals surface area contributed by atoms with E-state index >= 15 is 0 Å². The number of hydrogen-bond donors (Lipinski definition) is 1. The first-order valence-electron chi connectivity index (χ1n) is 9.58. The van der Waals surface area contributed by atoms with Crippen molar-refractivity contribution in [2.75, 3.05) is 5.32 Å². The third kappa shape index (κ3) is 2.71. The van der Waals surface area contributed by atoms with E-state index in [9.17, 15) is 0 Å². The lowest BCUT2D eigenvalue weighted by Crippen LogP contribution is -2.35. The zero-order valence-electron chi connectivity index (χ0n) is 16.1. The first-order valence-corrected chi connectivity index (χ1v) is 9.95. The molecule has 1 N–H and O–H groups in total. The summed E-state index contributed by atoms with van der Waals surface area (Å²) in [7, 11) is 0. The van der Waals surface area contributed by atoms with E-state index in [1.54, 1.807) is 0 Å². The van der Waals surface area contributed by atoms with Crippen molar-refractivity contribution in [1.82, 2.24) is 0 Å². The van der Waals surface area contributed by atoms with Gasteiger partial charge in [-0.05, 0) is 61.2 Å². The van der Waals surface area contributed by atoms with Crippen molar-refractivity contribution in [3.8, 4) is 16.9 Å².